The molecule has 1 N–H and O–H groups in total. The molecule has 0 bridgehead atoms. The van der Waals surface area contributed by atoms with Crippen LogP contribution >= 0.6 is 22.6 Å². The summed E-state index contributed by atoms with van der Waals surface area (Å²) in [6.07, 6.45) is 3.55. The van der Waals surface area contributed by atoms with E-state index in [9.17, 15) is 4.79 Å². The van der Waals surface area contributed by atoms with Gasteiger partial charge in [0.05, 0.1) is 26.4 Å². The lowest BCUT2D eigenvalue weighted by Gasteiger charge is -2.06. The second-order valence-corrected chi connectivity index (χ2v) is 6.81. The Hall–Kier alpha value is -2.81. The Morgan fingerprint density at radius 2 is 1.45 bits per heavy atom. The molecular weight excluding hydrogens is 503 g/mol. The minimum absolute atomic E-state index is 0.0499. The van der Waals surface area contributed by atoms with Gasteiger partial charge in [-0.25, -0.2) is 9.36 Å². The van der Waals surface area contributed by atoms with E-state index in [0.29, 0.717) is 6.54 Å². The number of methoxy groups -OCH3 is 1. The zero-order chi connectivity index (χ0) is 22.6. The number of ether oxygens (including phenoxy) is 1. The van der Waals surface area contributed by atoms with Crippen LogP contribution in [0.15, 0.2) is 77.9 Å². The van der Waals surface area contributed by atoms with Gasteiger partial charge in [-0.05, 0) is 29.9 Å². The highest BCUT2D eigenvalue weighted by Gasteiger charge is 2.07. The molecule has 0 radical (unpaired) electrons. The Kier molecular flexibility index (Phi) is 10.1. The number of aryl methyl sites for hydroxylation is 2. The fourth-order valence-corrected chi connectivity index (χ4v) is 2.99. The number of halogens is 1. The standard InChI is InChI=1S/C12H14N2O.C11H12N2O.CH3I/c1-10-8-13-14(12(10)15-2)9-11-6-4-3-5-7-11;1-9-7-12-13(11(9)14)8-10-5-3-2-4-6-10;1-2/h3-8H,9H2,1-2H3;2-7,12H,8H2,1H3;1H3. The summed E-state index contributed by atoms with van der Waals surface area (Å²) < 4.78 is 8.76. The van der Waals surface area contributed by atoms with E-state index in [2.05, 4.69) is 44.9 Å². The quantitative estimate of drug-likeness (QED) is 0.296. The lowest BCUT2D eigenvalue weighted by atomic mass is 10.2. The molecule has 31 heavy (non-hydrogen) atoms. The first kappa shape index (κ1) is 24.5. The van der Waals surface area contributed by atoms with E-state index in [4.69, 9.17) is 4.74 Å². The monoisotopic (exact) mass is 532 g/mol. The maximum absolute atomic E-state index is 11.5. The van der Waals surface area contributed by atoms with Gasteiger partial charge in [0.25, 0.3) is 5.56 Å². The molecular formula is C24H29IN4O2. The first-order valence-corrected chi connectivity index (χ1v) is 12.0. The van der Waals surface area contributed by atoms with E-state index < -0.39 is 0 Å². The fraction of sp³-hybridized carbons (Fsp3) is 0.250. The van der Waals surface area contributed by atoms with Crippen LogP contribution in [0.3, 0.4) is 0 Å². The van der Waals surface area contributed by atoms with Gasteiger partial charge >= 0.3 is 0 Å². The van der Waals surface area contributed by atoms with Crippen molar-refractivity contribution in [3.63, 3.8) is 0 Å². The molecule has 164 valence electrons. The molecule has 0 aliphatic carbocycles. The largest absolute Gasteiger partial charge is 0.481 e. The summed E-state index contributed by atoms with van der Waals surface area (Å²) in [4.78, 5) is 13.5. The van der Waals surface area contributed by atoms with Crippen molar-refractivity contribution in [3.8, 4) is 5.88 Å². The van der Waals surface area contributed by atoms with Crippen molar-refractivity contribution in [1.29, 1.82) is 0 Å². The summed E-state index contributed by atoms with van der Waals surface area (Å²) in [5.74, 6) is 0.832. The number of hydrogen-bond acceptors (Lipinski definition) is 3. The van der Waals surface area contributed by atoms with Gasteiger partial charge < -0.3 is 9.84 Å². The number of alkyl halides is 1. The molecule has 0 spiro atoms. The molecule has 0 aliphatic rings. The molecule has 0 unspecified atom stereocenters. The predicted octanol–water partition coefficient (Wildman–Crippen LogP) is 4.83. The lowest BCUT2D eigenvalue weighted by Crippen LogP contribution is -2.18. The molecule has 0 aliphatic heterocycles. The number of aromatic nitrogens is 4. The van der Waals surface area contributed by atoms with Crippen molar-refractivity contribution in [3.05, 3.63) is 106 Å². The number of nitrogens with zero attached hydrogens (tertiary/aromatic N) is 3. The maximum Gasteiger partial charge on any atom is 0.269 e. The maximum atomic E-state index is 11.5. The summed E-state index contributed by atoms with van der Waals surface area (Å²) >= 11 is 2.15. The van der Waals surface area contributed by atoms with Gasteiger partial charge in [0, 0.05) is 17.3 Å². The van der Waals surface area contributed by atoms with Crippen molar-refractivity contribution < 1.29 is 4.74 Å². The average Bonchev–Trinajstić information content (AvgIpc) is 3.33. The van der Waals surface area contributed by atoms with E-state index in [1.807, 2.05) is 71.3 Å². The minimum atomic E-state index is 0.0499. The Morgan fingerprint density at radius 3 is 1.94 bits per heavy atom. The van der Waals surface area contributed by atoms with E-state index >= 15 is 0 Å². The molecule has 0 atom stereocenters. The van der Waals surface area contributed by atoms with Crippen LogP contribution in [0, 0.1) is 13.8 Å². The zero-order valence-electron chi connectivity index (χ0n) is 18.4. The number of H-pyrrole nitrogens is 1. The van der Waals surface area contributed by atoms with Gasteiger partial charge in [-0.15, -0.1) is 0 Å². The van der Waals surface area contributed by atoms with E-state index in [1.165, 1.54) is 5.56 Å². The van der Waals surface area contributed by atoms with Gasteiger partial charge in [0.1, 0.15) is 0 Å². The van der Waals surface area contributed by atoms with Crippen LogP contribution in [0.2, 0.25) is 0 Å². The molecule has 0 saturated carbocycles. The van der Waals surface area contributed by atoms with E-state index in [0.717, 1.165) is 29.1 Å². The molecule has 0 fully saturated rings. The summed E-state index contributed by atoms with van der Waals surface area (Å²) in [6.45, 7) is 5.15. The molecule has 4 rings (SSSR count). The van der Waals surface area contributed by atoms with Crippen molar-refractivity contribution in [2.24, 2.45) is 0 Å². The van der Waals surface area contributed by atoms with Crippen LogP contribution in [0.25, 0.3) is 0 Å². The van der Waals surface area contributed by atoms with Gasteiger partial charge in [-0.2, -0.15) is 5.10 Å². The highest BCUT2D eigenvalue weighted by molar-refractivity contribution is 14.1. The number of rotatable bonds is 5. The third-order valence-electron chi connectivity index (χ3n) is 4.53. The van der Waals surface area contributed by atoms with Gasteiger partial charge in [0.2, 0.25) is 5.88 Å². The third-order valence-corrected chi connectivity index (χ3v) is 4.53. The molecule has 4 aromatic rings. The lowest BCUT2D eigenvalue weighted by molar-refractivity contribution is 0.364. The van der Waals surface area contributed by atoms with Gasteiger partial charge in [0.15, 0.2) is 0 Å². The first-order valence-electron chi connectivity index (χ1n) is 9.85. The number of nitrogens with one attached hydrogen (secondary N) is 1. The Balaban J connectivity index is 0.000000204. The predicted molar refractivity (Wildman–Crippen MR) is 134 cm³/mol. The molecule has 2 heterocycles. The average molecular weight is 532 g/mol. The zero-order valence-corrected chi connectivity index (χ0v) is 20.5. The van der Waals surface area contributed by atoms with Gasteiger partial charge in [-0.1, -0.05) is 83.3 Å². The second kappa shape index (κ2) is 12.8. The van der Waals surface area contributed by atoms with Crippen molar-refractivity contribution >= 4 is 22.6 Å². The van der Waals surface area contributed by atoms with Crippen LogP contribution in [0.5, 0.6) is 5.88 Å². The summed E-state index contributed by atoms with van der Waals surface area (Å²) in [5, 5.41) is 7.20. The van der Waals surface area contributed by atoms with Crippen molar-refractivity contribution in [2.75, 3.05) is 12.0 Å². The Bertz CT molecular complexity index is 1090. The molecule has 2 aromatic carbocycles. The van der Waals surface area contributed by atoms with E-state index in [-0.39, 0.29) is 5.56 Å². The number of benzene rings is 2. The molecule has 2 aromatic heterocycles. The van der Waals surface area contributed by atoms with Crippen LogP contribution < -0.4 is 10.3 Å². The van der Waals surface area contributed by atoms with Crippen molar-refractivity contribution in [2.45, 2.75) is 26.9 Å². The second-order valence-electron chi connectivity index (χ2n) is 6.81. The topological polar surface area (TPSA) is 64.8 Å². The number of hydrogen-bond donors (Lipinski definition) is 1. The molecule has 7 heteroatoms. The van der Waals surface area contributed by atoms with Crippen LogP contribution in [-0.2, 0) is 13.1 Å². The Labute approximate surface area is 197 Å². The smallest absolute Gasteiger partial charge is 0.269 e. The van der Waals surface area contributed by atoms with Crippen LogP contribution in [-0.4, -0.2) is 31.6 Å². The fourth-order valence-electron chi connectivity index (χ4n) is 2.99. The number of aromatic amines is 1. The van der Waals surface area contributed by atoms with Crippen molar-refractivity contribution in [1.82, 2.24) is 19.6 Å². The Morgan fingerprint density at radius 1 is 0.903 bits per heavy atom. The minimum Gasteiger partial charge on any atom is -0.481 e. The molecule has 6 nitrogen and oxygen atoms in total. The highest BCUT2D eigenvalue weighted by Crippen LogP contribution is 2.17. The third kappa shape index (κ3) is 7.13. The summed E-state index contributed by atoms with van der Waals surface area (Å²) in [5.41, 5.74) is 4.21. The normalized spacial score (nSPS) is 9.84. The SMILES string of the molecule is CI.COc1c(C)cnn1Cc1ccccc1.Cc1c[nH]n(Cc2ccccc2)c1=O. The van der Waals surface area contributed by atoms with Crippen LogP contribution in [0.4, 0.5) is 0 Å². The molecule has 0 amide bonds. The highest BCUT2D eigenvalue weighted by atomic mass is 127. The molecule has 0 saturated heterocycles. The van der Waals surface area contributed by atoms with E-state index in [1.54, 1.807) is 24.9 Å². The summed E-state index contributed by atoms with van der Waals surface area (Å²) in [7, 11) is 1.67. The first-order chi connectivity index (χ1) is 15.1. The summed E-state index contributed by atoms with van der Waals surface area (Å²) in [6, 6.07) is 20.1. The van der Waals surface area contributed by atoms with Crippen LogP contribution in [0.1, 0.15) is 22.3 Å². The van der Waals surface area contributed by atoms with Gasteiger partial charge in [-0.3, -0.25) is 4.79 Å².